The highest BCUT2D eigenvalue weighted by atomic mass is 19.1. The summed E-state index contributed by atoms with van der Waals surface area (Å²) in [6.45, 7) is 1.83. The minimum Gasteiger partial charge on any atom is -0.378 e. The minimum absolute atomic E-state index is 0.246. The van der Waals surface area contributed by atoms with Gasteiger partial charge in [-0.25, -0.2) is 4.39 Å². The van der Waals surface area contributed by atoms with Crippen LogP contribution in [0.3, 0.4) is 0 Å². The molecular weight excluding hydrogens is 215 g/mol. The lowest BCUT2D eigenvalue weighted by Crippen LogP contribution is -2.29. The number of halogens is 1. The summed E-state index contributed by atoms with van der Waals surface area (Å²) in [5.41, 5.74) is 0.779. The third kappa shape index (κ3) is 3.08. The highest BCUT2D eigenvalue weighted by Crippen LogP contribution is 2.27. The van der Waals surface area contributed by atoms with Crippen molar-refractivity contribution in [2.45, 2.75) is 44.6 Å². The van der Waals surface area contributed by atoms with Crippen LogP contribution in [0.1, 0.15) is 43.2 Å². The third-order valence-corrected chi connectivity index (χ3v) is 3.30. The maximum absolute atomic E-state index is 12.9. The van der Waals surface area contributed by atoms with Crippen LogP contribution >= 0.6 is 0 Å². The van der Waals surface area contributed by atoms with Gasteiger partial charge in [0.2, 0.25) is 0 Å². The summed E-state index contributed by atoms with van der Waals surface area (Å²) in [5.74, 6) is 5.70. The van der Waals surface area contributed by atoms with E-state index < -0.39 is 5.60 Å². The van der Waals surface area contributed by atoms with Crippen LogP contribution in [0.2, 0.25) is 0 Å². The van der Waals surface area contributed by atoms with E-state index in [1.807, 2.05) is 6.92 Å². The fourth-order valence-electron chi connectivity index (χ4n) is 2.21. The zero-order valence-electron chi connectivity index (χ0n) is 10.1. The molecule has 0 spiro atoms. The molecule has 1 aliphatic rings. The number of benzene rings is 1. The average molecular weight is 232 g/mol. The molecule has 1 aliphatic carbocycles. The molecule has 1 nitrogen and oxygen atoms in total. The van der Waals surface area contributed by atoms with Crippen molar-refractivity contribution in [1.82, 2.24) is 0 Å². The van der Waals surface area contributed by atoms with E-state index >= 15 is 0 Å². The van der Waals surface area contributed by atoms with Gasteiger partial charge in [-0.1, -0.05) is 18.3 Å². The number of aliphatic hydroxyl groups is 1. The molecule has 0 amide bonds. The first kappa shape index (κ1) is 12.1. The molecule has 2 heteroatoms. The van der Waals surface area contributed by atoms with E-state index in [2.05, 4.69) is 11.8 Å². The molecule has 0 radical (unpaired) electrons. The van der Waals surface area contributed by atoms with Crippen molar-refractivity contribution >= 4 is 0 Å². The number of aryl methyl sites for hydroxylation is 1. The van der Waals surface area contributed by atoms with E-state index in [9.17, 15) is 9.50 Å². The van der Waals surface area contributed by atoms with Crippen LogP contribution in [0.25, 0.3) is 0 Å². The first-order valence-corrected chi connectivity index (χ1v) is 6.11. The Morgan fingerprint density at radius 3 is 2.59 bits per heavy atom. The topological polar surface area (TPSA) is 20.2 Å². The van der Waals surface area contributed by atoms with Gasteiger partial charge in [-0.3, -0.25) is 0 Å². The molecule has 0 heterocycles. The van der Waals surface area contributed by atoms with E-state index in [1.165, 1.54) is 18.6 Å². The molecule has 1 saturated carbocycles. The smallest absolute Gasteiger partial charge is 0.125 e. The second kappa shape index (κ2) is 4.89. The molecular formula is C15H17FO. The van der Waals surface area contributed by atoms with Crippen molar-refractivity contribution < 1.29 is 9.50 Å². The van der Waals surface area contributed by atoms with Crippen LogP contribution in [0, 0.1) is 24.6 Å². The summed E-state index contributed by atoms with van der Waals surface area (Å²) >= 11 is 0. The number of hydrogen-bond donors (Lipinski definition) is 1. The lowest BCUT2D eigenvalue weighted by atomic mass is 9.85. The summed E-state index contributed by atoms with van der Waals surface area (Å²) in [6.07, 6.45) is 4.75. The van der Waals surface area contributed by atoms with Crippen molar-refractivity contribution in [3.8, 4) is 11.8 Å². The molecule has 90 valence electrons. The van der Waals surface area contributed by atoms with Crippen molar-refractivity contribution in [2.24, 2.45) is 0 Å². The van der Waals surface area contributed by atoms with Crippen LogP contribution in [-0.4, -0.2) is 10.7 Å². The first-order valence-electron chi connectivity index (χ1n) is 6.11. The average Bonchev–Trinajstić information content (AvgIpc) is 2.29. The Morgan fingerprint density at radius 2 is 1.94 bits per heavy atom. The molecule has 0 aliphatic heterocycles. The standard InChI is InChI=1S/C15H17FO/c1-12-11-14(16)6-5-13(12)7-10-15(17)8-3-2-4-9-15/h5-6,11,17H,2-4,8-9H2,1H3. The summed E-state index contributed by atoms with van der Waals surface area (Å²) in [4.78, 5) is 0. The van der Waals surface area contributed by atoms with Crippen molar-refractivity contribution in [2.75, 3.05) is 0 Å². The lowest BCUT2D eigenvalue weighted by Gasteiger charge is -2.26. The molecule has 0 saturated heterocycles. The van der Waals surface area contributed by atoms with E-state index in [4.69, 9.17) is 0 Å². The monoisotopic (exact) mass is 232 g/mol. The summed E-state index contributed by atoms with van der Waals surface area (Å²) < 4.78 is 12.9. The SMILES string of the molecule is Cc1cc(F)ccc1C#CC1(O)CCCCC1. The summed E-state index contributed by atoms with van der Waals surface area (Å²) in [5, 5.41) is 10.2. The predicted molar refractivity (Wildman–Crippen MR) is 66.0 cm³/mol. The second-order valence-corrected chi connectivity index (χ2v) is 4.80. The molecule has 17 heavy (non-hydrogen) atoms. The Bertz CT molecular complexity index is 462. The lowest BCUT2D eigenvalue weighted by molar-refractivity contribution is 0.0610. The minimum atomic E-state index is -0.834. The van der Waals surface area contributed by atoms with E-state index in [0.29, 0.717) is 0 Å². The molecule has 2 rings (SSSR count). The Balaban J connectivity index is 2.20. The predicted octanol–water partition coefficient (Wildman–Crippen LogP) is 3.18. The van der Waals surface area contributed by atoms with Gasteiger partial charge in [0, 0.05) is 5.56 Å². The Morgan fingerprint density at radius 1 is 1.24 bits per heavy atom. The number of rotatable bonds is 0. The summed E-state index contributed by atoms with van der Waals surface area (Å²) in [7, 11) is 0. The van der Waals surface area contributed by atoms with Gasteiger partial charge in [0.05, 0.1) is 0 Å². The quantitative estimate of drug-likeness (QED) is 0.681. The van der Waals surface area contributed by atoms with Gasteiger partial charge in [0.15, 0.2) is 0 Å². The maximum Gasteiger partial charge on any atom is 0.125 e. The van der Waals surface area contributed by atoms with Gasteiger partial charge in [-0.2, -0.15) is 0 Å². The fraction of sp³-hybridized carbons (Fsp3) is 0.467. The van der Waals surface area contributed by atoms with Crippen LogP contribution in [0.4, 0.5) is 4.39 Å². The van der Waals surface area contributed by atoms with Crippen molar-refractivity contribution in [1.29, 1.82) is 0 Å². The Kier molecular flexibility index (Phi) is 3.49. The van der Waals surface area contributed by atoms with Crippen LogP contribution in [-0.2, 0) is 0 Å². The van der Waals surface area contributed by atoms with E-state index in [-0.39, 0.29) is 5.82 Å². The van der Waals surface area contributed by atoms with E-state index in [1.54, 1.807) is 6.07 Å². The normalized spacial score (nSPS) is 18.3. The second-order valence-electron chi connectivity index (χ2n) is 4.80. The molecule has 0 aromatic heterocycles. The Hall–Kier alpha value is -1.33. The van der Waals surface area contributed by atoms with Gasteiger partial charge in [0.1, 0.15) is 11.4 Å². The highest BCUT2D eigenvalue weighted by Gasteiger charge is 2.26. The van der Waals surface area contributed by atoms with Gasteiger partial charge >= 0.3 is 0 Å². The van der Waals surface area contributed by atoms with E-state index in [0.717, 1.165) is 36.8 Å². The van der Waals surface area contributed by atoms with Gasteiger partial charge in [-0.15, -0.1) is 0 Å². The molecule has 1 aromatic rings. The van der Waals surface area contributed by atoms with Gasteiger partial charge < -0.3 is 5.11 Å². The molecule has 0 atom stereocenters. The van der Waals surface area contributed by atoms with Gasteiger partial charge in [-0.05, 0) is 56.4 Å². The highest BCUT2D eigenvalue weighted by molar-refractivity contribution is 5.42. The molecule has 1 N–H and O–H groups in total. The number of hydrogen-bond acceptors (Lipinski definition) is 1. The maximum atomic E-state index is 12.9. The Labute approximate surface area is 102 Å². The van der Waals surface area contributed by atoms with Gasteiger partial charge in [0.25, 0.3) is 0 Å². The zero-order valence-corrected chi connectivity index (χ0v) is 10.1. The molecule has 1 aromatic carbocycles. The van der Waals surface area contributed by atoms with Crippen molar-refractivity contribution in [3.05, 3.63) is 35.1 Å². The van der Waals surface area contributed by atoms with Crippen molar-refractivity contribution in [3.63, 3.8) is 0 Å². The fourth-order valence-corrected chi connectivity index (χ4v) is 2.21. The third-order valence-electron chi connectivity index (χ3n) is 3.30. The van der Waals surface area contributed by atoms with Crippen LogP contribution in [0.5, 0.6) is 0 Å². The molecule has 0 unspecified atom stereocenters. The summed E-state index contributed by atoms with van der Waals surface area (Å²) in [6, 6.07) is 4.54. The first-order chi connectivity index (χ1) is 8.09. The zero-order chi connectivity index (χ0) is 12.3. The van der Waals surface area contributed by atoms with Crippen LogP contribution < -0.4 is 0 Å². The van der Waals surface area contributed by atoms with Crippen LogP contribution in [0.15, 0.2) is 18.2 Å². The largest absolute Gasteiger partial charge is 0.378 e. The molecule has 0 bridgehead atoms. The molecule has 1 fully saturated rings.